The van der Waals surface area contributed by atoms with Crippen molar-refractivity contribution in [3.8, 4) is 0 Å². The molecule has 1 aliphatic carbocycles. The molecule has 1 unspecified atom stereocenters. The summed E-state index contributed by atoms with van der Waals surface area (Å²) in [7, 11) is 0. The molecule has 0 N–H and O–H groups in total. The van der Waals surface area contributed by atoms with E-state index in [1.54, 1.807) is 0 Å². The Morgan fingerprint density at radius 1 is 1.56 bits per heavy atom. The normalized spacial score (nSPS) is 24.4. The first-order valence-corrected chi connectivity index (χ1v) is 4.53. The van der Waals surface area contributed by atoms with Gasteiger partial charge in [-0.2, -0.15) is 0 Å². The summed E-state index contributed by atoms with van der Waals surface area (Å²) in [5, 5.41) is 0. The van der Waals surface area contributed by atoms with Crippen LogP contribution in [0.3, 0.4) is 0 Å². The van der Waals surface area contributed by atoms with Crippen molar-refractivity contribution in [3.63, 3.8) is 0 Å². The molecule has 46 valence electrons. The fourth-order valence-corrected chi connectivity index (χ4v) is 1.68. The van der Waals surface area contributed by atoms with Gasteiger partial charge in [0.05, 0.1) is 0 Å². The Hall–Kier alpha value is -0.222. The Morgan fingerprint density at radius 3 is 2.78 bits per heavy atom. The van der Waals surface area contributed by atoms with E-state index in [1.165, 1.54) is 24.9 Å². The Labute approximate surface area is 66.4 Å². The van der Waals surface area contributed by atoms with Crippen LogP contribution < -0.4 is 0 Å². The van der Waals surface area contributed by atoms with E-state index in [9.17, 15) is 0 Å². The molecular formula is C8H8W. The van der Waals surface area contributed by atoms with E-state index < -0.39 is 0 Å². The van der Waals surface area contributed by atoms with Crippen molar-refractivity contribution >= 4 is 4.40 Å². The van der Waals surface area contributed by atoms with Crippen LogP contribution in [-0.2, 0) is 19.4 Å². The third kappa shape index (κ3) is 1.59. The van der Waals surface area contributed by atoms with Crippen molar-refractivity contribution in [2.75, 3.05) is 0 Å². The van der Waals surface area contributed by atoms with Crippen LogP contribution in [0.25, 0.3) is 0 Å². The van der Waals surface area contributed by atoms with Gasteiger partial charge in [-0.3, -0.25) is 0 Å². The van der Waals surface area contributed by atoms with Crippen LogP contribution in [0.2, 0.25) is 0 Å². The summed E-state index contributed by atoms with van der Waals surface area (Å²) in [5.74, 6) is 0.505. The molecule has 0 radical (unpaired) electrons. The molecule has 1 atom stereocenters. The zero-order valence-corrected chi connectivity index (χ0v) is 8.01. The van der Waals surface area contributed by atoms with E-state index in [4.69, 9.17) is 0 Å². The van der Waals surface area contributed by atoms with Gasteiger partial charge < -0.3 is 0 Å². The monoisotopic (exact) mass is 288 g/mol. The van der Waals surface area contributed by atoms with Crippen LogP contribution in [0.1, 0.15) is 0 Å². The predicted molar refractivity (Wildman–Crippen MR) is 37.0 cm³/mol. The molecule has 0 heterocycles. The number of hydrogen-bond donors (Lipinski definition) is 0. The first kappa shape index (κ1) is 6.89. The molecule has 0 saturated carbocycles. The molecule has 1 rings (SSSR count). The van der Waals surface area contributed by atoms with Crippen LogP contribution in [0.15, 0.2) is 36.5 Å². The summed E-state index contributed by atoms with van der Waals surface area (Å²) in [5.41, 5.74) is 1.20. The van der Waals surface area contributed by atoms with E-state index in [0.717, 1.165) is 0 Å². The van der Waals surface area contributed by atoms with Gasteiger partial charge in [-0.25, -0.2) is 0 Å². The van der Waals surface area contributed by atoms with Crippen LogP contribution in [0, 0.1) is 5.92 Å². The second-order valence-corrected chi connectivity index (χ2v) is 2.96. The average molecular weight is 288 g/mol. The van der Waals surface area contributed by atoms with Crippen molar-refractivity contribution in [2.45, 2.75) is 0 Å². The Bertz CT molecular complexity index is 187. The SMILES string of the molecule is C=C1C=CC=CC1[CH]=[W]. The standard InChI is InChI=1S/C8H8.W/c1-7-5-3-4-6-8(7)2;/h1,3-7H,2H2;. The summed E-state index contributed by atoms with van der Waals surface area (Å²) in [6.07, 6.45) is 8.32. The van der Waals surface area contributed by atoms with Crippen molar-refractivity contribution < 1.29 is 19.4 Å². The second kappa shape index (κ2) is 3.08. The van der Waals surface area contributed by atoms with Crippen molar-refractivity contribution in [1.29, 1.82) is 0 Å². The van der Waals surface area contributed by atoms with Gasteiger partial charge in [0.15, 0.2) is 0 Å². The topological polar surface area (TPSA) is 0 Å². The van der Waals surface area contributed by atoms with Gasteiger partial charge in [0.1, 0.15) is 0 Å². The molecule has 0 amide bonds. The number of hydrogen-bond acceptors (Lipinski definition) is 0. The van der Waals surface area contributed by atoms with E-state index in [-0.39, 0.29) is 0 Å². The molecule has 1 heteroatoms. The first-order chi connectivity index (χ1) is 4.34. The van der Waals surface area contributed by atoms with Crippen LogP contribution in [0.5, 0.6) is 0 Å². The molecule has 0 fully saturated rings. The quantitative estimate of drug-likeness (QED) is 0.688. The molecular weight excluding hydrogens is 280 g/mol. The average Bonchev–Trinajstić information content (AvgIpc) is 1.89. The van der Waals surface area contributed by atoms with E-state index >= 15 is 0 Å². The zero-order valence-electron chi connectivity index (χ0n) is 5.08. The van der Waals surface area contributed by atoms with Crippen molar-refractivity contribution in [3.05, 3.63) is 36.5 Å². The van der Waals surface area contributed by atoms with Gasteiger partial charge in [0, 0.05) is 0 Å². The molecule has 0 spiro atoms. The summed E-state index contributed by atoms with van der Waals surface area (Å²) < 4.78 is 2.22. The van der Waals surface area contributed by atoms with E-state index in [2.05, 4.69) is 29.2 Å². The maximum absolute atomic E-state index is 3.91. The van der Waals surface area contributed by atoms with Crippen LogP contribution in [-0.4, -0.2) is 4.40 Å². The third-order valence-corrected chi connectivity index (χ3v) is 2.37. The molecule has 0 bridgehead atoms. The fraction of sp³-hybridized carbons (Fsp3) is 0.125. The molecule has 1 aliphatic rings. The van der Waals surface area contributed by atoms with Crippen LogP contribution >= 0.6 is 0 Å². The molecule has 0 saturated heterocycles. The number of rotatable bonds is 1. The van der Waals surface area contributed by atoms with Crippen molar-refractivity contribution in [1.82, 2.24) is 0 Å². The van der Waals surface area contributed by atoms with Gasteiger partial charge in [-0.15, -0.1) is 0 Å². The minimum absolute atomic E-state index is 0.505. The maximum atomic E-state index is 3.91. The minimum atomic E-state index is 0.505. The summed E-state index contributed by atoms with van der Waals surface area (Å²) in [6, 6.07) is 0. The second-order valence-electron chi connectivity index (χ2n) is 1.98. The van der Waals surface area contributed by atoms with Crippen LogP contribution in [0.4, 0.5) is 0 Å². The van der Waals surface area contributed by atoms with Gasteiger partial charge in [-0.1, -0.05) is 0 Å². The summed E-state index contributed by atoms with van der Waals surface area (Å²) in [6.45, 7) is 3.91. The molecule has 0 aliphatic heterocycles. The van der Waals surface area contributed by atoms with E-state index in [0.29, 0.717) is 5.92 Å². The van der Waals surface area contributed by atoms with Gasteiger partial charge in [0.25, 0.3) is 0 Å². The Balaban J connectivity index is 2.77. The van der Waals surface area contributed by atoms with Gasteiger partial charge >= 0.3 is 66.1 Å². The first-order valence-electron chi connectivity index (χ1n) is 2.83. The summed E-state index contributed by atoms with van der Waals surface area (Å²) >= 11 is 1.51. The predicted octanol–water partition coefficient (Wildman–Crippen LogP) is 1.63. The Kier molecular flexibility index (Phi) is 2.36. The molecule has 0 nitrogen and oxygen atoms in total. The molecule has 0 aromatic rings. The zero-order chi connectivity index (χ0) is 6.69. The fourth-order valence-electron chi connectivity index (χ4n) is 0.730. The Morgan fingerprint density at radius 2 is 2.33 bits per heavy atom. The third-order valence-electron chi connectivity index (χ3n) is 1.31. The summed E-state index contributed by atoms with van der Waals surface area (Å²) in [4.78, 5) is 0. The van der Waals surface area contributed by atoms with Gasteiger partial charge in [-0.05, 0) is 0 Å². The van der Waals surface area contributed by atoms with Gasteiger partial charge in [0.2, 0.25) is 0 Å². The van der Waals surface area contributed by atoms with Crippen molar-refractivity contribution in [2.24, 2.45) is 5.92 Å². The number of allylic oxidation sites excluding steroid dienone is 5. The van der Waals surface area contributed by atoms with E-state index in [1.807, 2.05) is 6.08 Å². The molecule has 0 aromatic heterocycles. The molecule has 0 aromatic carbocycles. The molecule has 9 heavy (non-hydrogen) atoms.